The lowest BCUT2D eigenvalue weighted by molar-refractivity contribution is -0.185. The fourth-order valence-electron chi connectivity index (χ4n) is 10.2. The number of hydrogen-bond donors (Lipinski definition) is 4. The first-order valence-electron chi connectivity index (χ1n) is 17.2. The fourth-order valence-corrected chi connectivity index (χ4v) is 10.2. The molecule has 2 saturated carbocycles. The minimum atomic E-state index is -0.990. The summed E-state index contributed by atoms with van der Waals surface area (Å²) in [6, 6.07) is 2.33. The van der Waals surface area contributed by atoms with Gasteiger partial charge in [0, 0.05) is 18.8 Å². The van der Waals surface area contributed by atoms with Gasteiger partial charge in [0.25, 0.3) is 0 Å². The zero-order chi connectivity index (χ0) is 36.8. The summed E-state index contributed by atoms with van der Waals surface area (Å²) < 4.78 is 5.82. The summed E-state index contributed by atoms with van der Waals surface area (Å²) in [7, 11) is 0. The molecule has 0 spiro atoms. The molecule has 2 fully saturated rings. The van der Waals surface area contributed by atoms with Crippen LogP contribution in [-0.2, 0) is 19.1 Å². The predicted octanol–water partition coefficient (Wildman–Crippen LogP) is 6.48. The zero-order valence-electron chi connectivity index (χ0n) is 29.5. The van der Waals surface area contributed by atoms with E-state index in [0.29, 0.717) is 30.6 Å². The molecule has 10 heteroatoms. The molecule has 50 heavy (non-hydrogen) atoms. The minimum Gasteiger partial charge on any atom is -0.507 e. The van der Waals surface area contributed by atoms with Gasteiger partial charge >= 0.3 is 5.97 Å². The Kier molecular flexibility index (Phi) is 8.20. The monoisotopic (exact) mass is 684 g/mol. The van der Waals surface area contributed by atoms with Gasteiger partial charge in [0.05, 0.1) is 22.3 Å². The van der Waals surface area contributed by atoms with Gasteiger partial charge < -0.3 is 25.2 Å². The van der Waals surface area contributed by atoms with Crippen LogP contribution in [0.4, 0.5) is 0 Å². The molecule has 5 aliphatic rings. The Balaban J connectivity index is 0.000000178. The quantitative estimate of drug-likeness (QED) is 0.173. The van der Waals surface area contributed by atoms with Crippen molar-refractivity contribution >= 4 is 29.1 Å². The molecule has 10 nitrogen and oxygen atoms in total. The van der Waals surface area contributed by atoms with Crippen LogP contribution in [0.2, 0.25) is 0 Å². The lowest BCUT2D eigenvalue weighted by atomic mass is 9.47. The molecule has 0 amide bonds. The predicted molar refractivity (Wildman–Crippen MR) is 182 cm³/mol. The highest BCUT2D eigenvalue weighted by Gasteiger charge is 2.67. The molecular formula is C40H44O10. The van der Waals surface area contributed by atoms with Crippen molar-refractivity contribution in [3.8, 4) is 23.0 Å². The summed E-state index contributed by atoms with van der Waals surface area (Å²) in [5, 5.41) is 40.1. The van der Waals surface area contributed by atoms with E-state index in [2.05, 4.69) is 26.8 Å². The van der Waals surface area contributed by atoms with Crippen LogP contribution in [0.5, 0.6) is 23.0 Å². The number of fused-ring (bicyclic) bond motifs is 7. The van der Waals surface area contributed by atoms with E-state index < -0.39 is 40.2 Å². The molecule has 0 aliphatic heterocycles. The molecular weight excluding hydrogens is 640 g/mol. The van der Waals surface area contributed by atoms with E-state index in [-0.39, 0.29) is 61.7 Å². The van der Waals surface area contributed by atoms with Crippen molar-refractivity contribution in [1.82, 2.24) is 0 Å². The molecule has 7 rings (SSSR count). The van der Waals surface area contributed by atoms with Gasteiger partial charge in [0.1, 0.15) is 23.0 Å². The van der Waals surface area contributed by atoms with Gasteiger partial charge in [-0.15, -0.1) is 0 Å². The van der Waals surface area contributed by atoms with Gasteiger partial charge in [-0.3, -0.25) is 24.0 Å². The molecule has 0 heterocycles. The number of Topliss-reactive ketones (excluding diaryl/α,β-unsaturated/α-hetero) is 1. The second-order valence-electron chi connectivity index (χ2n) is 15.3. The number of ether oxygens (including phenoxy) is 1. The van der Waals surface area contributed by atoms with Crippen LogP contribution in [0, 0.1) is 42.4 Å². The normalized spacial score (nSPS) is 30.7. The largest absolute Gasteiger partial charge is 0.507 e. The summed E-state index contributed by atoms with van der Waals surface area (Å²) in [4.78, 5) is 61.9. The number of carbonyl (C=O) groups is 5. The Morgan fingerprint density at radius 1 is 0.760 bits per heavy atom. The third-order valence-corrected chi connectivity index (χ3v) is 12.7. The standard InChI is InChI=1S/C24H32O4.C16H12O6/c1-14-12-18-19(22(4)9-6-17(27)13-21(14)22)7-10-23(5)20(18)8-11-24(23,15(2)25)28-16(3)26;1-5-3-7(17)9-11(13(5)19)15(21)10-8(18)4-6(2)14(20)12(10)16(9)22/h12-13,18-20H,6-11H2,1-5H3;3-4,17-20H,1-2H3. The van der Waals surface area contributed by atoms with Crippen molar-refractivity contribution in [3.63, 3.8) is 0 Å². The van der Waals surface area contributed by atoms with Gasteiger partial charge in [-0.2, -0.15) is 0 Å². The maximum atomic E-state index is 12.8. The van der Waals surface area contributed by atoms with E-state index >= 15 is 0 Å². The number of benzene rings is 2. The third-order valence-electron chi connectivity index (χ3n) is 12.7. The highest BCUT2D eigenvalue weighted by atomic mass is 16.6. The van der Waals surface area contributed by atoms with Crippen molar-refractivity contribution < 1.29 is 49.1 Å². The van der Waals surface area contributed by atoms with Crippen molar-refractivity contribution in [2.45, 2.75) is 92.6 Å². The van der Waals surface area contributed by atoms with Gasteiger partial charge in [0.2, 0.25) is 11.6 Å². The van der Waals surface area contributed by atoms with Gasteiger partial charge in [0.15, 0.2) is 17.2 Å². The second-order valence-corrected chi connectivity index (χ2v) is 15.3. The number of aromatic hydroxyl groups is 4. The molecule has 6 atom stereocenters. The molecule has 0 bridgehead atoms. The molecule has 4 N–H and O–H groups in total. The Morgan fingerprint density at radius 3 is 1.78 bits per heavy atom. The molecule has 0 saturated heterocycles. The van der Waals surface area contributed by atoms with Crippen LogP contribution < -0.4 is 0 Å². The number of phenols is 4. The van der Waals surface area contributed by atoms with Crippen LogP contribution in [-0.4, -0.2) is 55.1 Å². The van der Waals surface area contributed by atoms with Crippen molar-refractivity contribution in [2.24, 2.45) is 28.6 Å². The number of hydrogen-bond acceptors (Lipinski definition) is 10. The van der Waals surface area contributed by atoms with Crippen LogP contribution in [0.3, 0.4) is 0 Å². The molecule has 0 radical (unpaired) electrons. The van der Waals surface area contributed by atoms with Crippen molar-refractivity contribution in [3.05, 3.63) is 68.8 Å². The smallest absolute Gasteiger partial charge is 0.303 e. The first-order valence-corrected chi connectivity index (χ1v) is 17.2. The first kappa shape index (κ1) is 35.1. The number of rotatable bonds is 2. The minimum absolute atomic E-state index is 0.0160. The summed E-state index contributed by atoms with van der Waals surface area (Å²) in [6.45, 7) is 12.6. The Hall–Kier alpha value is -4.73. The number of allylic oxidation sites excluding steroid dienone is 4. The molecule has 5 aliphatic carbocycles. The van der Waals surface area contributed by atoms with E-state index in [1.807, 2.05) is 6.08 Å². The molecule has 2 aromatic carbocycles. The van der Waals surface area contributed by atoms with E-state index in [9.17, 15) is 44.4 Å². The summed E-state index contributed by atoms with van der Waals surface area (Å²) in [5.41, 5.74) is 0.109. The van der Waals surface area contributed by atoms with Gasteiger partial charge in [-0.25, -0.2) is 0 Å². The Labute approximate surface area is 290 Å². The van der Waals surface area contributed by atoms with Gasteiger partial charge in [-0.1, -0.05) is 25.5 Å². The van der Waals surface area contributed by atoms with E-state index in [4.69, 9.17) is 4.74 Å². The zero-order valence-corrected chi connectivity index (χ0v) is 29.5. The summed E-state index contributed by atoms with van der Waals surface area (Å²) in [5.74, 6) is -2.42. The maximum Gasteiger partial charge on any atom is 0.303 e. The highest BCUT2D eigenvalue weighted by molar-refractivity contribution is 6.32. The number of phenolic OH excluding ortho intramolecular Hbond substituents is 4. The van der Waals surface area contributed by atoms with E-state index in [1.54, 1.807) is 6.92 Å². The van der Waals surface area contributed by atoms with Crippen LogP contribution in [0.1, 0.15) is 116 Å². The topological polar surface area (TPSA) is 175 Å². The average Bonchev–Trinajstić information content (AvgIpc) is 3.33. The second kappa shape index (κ2) is 11.7. The Bertz CT molecular complexity index is 1910. The average molecular weight is 685 g/mol. The lowest BCUT2D eigenvalue weighted by Gasteiger charge is -2.58. The Morgan fingerprint density at radius 2 is 1.28 bits per heavy atom. The maximum absolute atomic E-state index is 12.8. The van der Waals surface area contributed by atoms with Crippen LogP contribution >= 0.6 is 0 Å². The van der Waals surface area contributed by atoms with Gasteiger partial charge in [-0.05, 0) is 118 Å². The van der Waals surface area contributed by atoms with Crippen LogP contribution in [0.15, 0.2) is 35.4 Å². The number of esters is 1. The number of ketones is 4. The van der Waals surface area contributed by atoms with Crippen molar-refractivity contribution in [1.29, 1.82) is 0 Å². The summed E-state index contributed by atoms with van der Waals surface area (Å²) >= 11 is 0. The number of aryl methyl sites for hydroxylation is 2. The van der Waals surface area contributed by atoms with Crippen LogP contribution in [0.25, 0.3) is 0 Å². The molecule has 264 valence electrons. The lowest BCUT2D eigenvalue weighted by Crippen LogP contribution is -2.58. The van der Waals surface area contributed by atoms with Crippen molar-refractivity contribution in [2.75, 3.05) is 0 Å². The van der Waals surface area contributed by atoms with E-state index in [0.717, 1.165) is 37.8 Å². The fraction of sp³-hybridized carbons (Fsp3) is 0.475. The summed E-state index contributed by atoms with van der Waals surface area (Å²) in [6.07, 6.45) is 9.20. The van der Waals surface area contributed by atoms with E-state index in [1.165, 1.54) is 31.9 Å². The SMILES string of the molecule is CC(=O)OC1(C(C)=O)CCC2C3C=C(C)C4=CC(=O)CCC4(C)C3CCC21C.Cc1cc(O)c2c(c1O)C(=O)c1c(O)cc(C)c(O)c1C2=O. The first-order chi connectivity index (χ1) is 23.3. The molecule has 2 aromatic rings. The molecule has 6 unspecified atom stereocenters. The third kappa shape index (κ3) is 4.77. The highest BCUT2D eigenvalue weighted by Crippen LogP contribution is 2.68. The number of carbonyl (C=O) groups excluding carboxylic acids is 5. The molecule has 0 aromatic heterocycles.